The van der Waals surface area contributed by atoms with Gasteiger partial charge in [0, 0.05) is 16.2 Å². The van der Waals surface area contributed by atoms with E-state index in [1.165, 1.54) is 13.2 Å². The number of aromatic amines is 1. The van der Waals surface area contributed by atoms with E-state index in [4.69, 9.17) is 0 Å². The van der Waals surface area contributed by atoms with Gasteiger partial charge in [0.25, 0.3) is 5.56 Å². The van der Waals surface area contributed by atoms with Crippen LogP contribution in [-0.2, 0) is 20.7 Å². The molecule has 1 heterocycles. The highest BCUT2D eigenvalue weighted by atomic mass is 79.9. The second-order valence-electron chi connectivity index (χ2n) is 4.64. The van der Waals surface area contributed by atoms with E-state index in [2.05, 4.69) is 36.0 Å². The van der Waals surface area contributed by atoms with Gasteiger partial charge in [-0.05, 0) is 18.2 Å². The molecule has 0 aliphatic heterocycles. The summed E-state index contributed by atoms with van der Waals surface area (Å²) in [7, 11) is 1.26. The van der Waals surface area contributed by atoms with Crippen molar-refractivity contribution in [1.29, 1.82) is 0 Å². The monoisotopic (exact) mass is 411 g/mol. The third-order valence-corrected chi connectivity index (χ3v) is 4.14. The highest BCUT2D eigenvalue weighted by Crippen LogP contribution is 2.17. The number of anilines is 1. The SMILES string of the molecule is COC(=O)Cc1cc(=O)[nH]c(SCC(=O)Nc2cccc(Br)c2)n1. The van der Waals surface area contributed by atoms with Crippen LogP contribution in [-0.4, -0.2) is 34.7 Å². The van der Waals surface area contributed by atoms with Crippen molar-refractivity contribution in [3.05, 3.63) is 50.9 Å². The van der Waals surface area contributed by atoms with E-state index in [0.29, 0.717) is 11.4 Å². The van der Waals surface area contributed by atoms with Crippen molar-refractivity contribution in [3.8, 4) is 0 Å². The number of thioether (sulfide) groups is 1. The predicted octanol–water partition coefficient (Wildman–Crippen LogP) is 1.98. The number of carbonyl (C=O) groups is 2. The molecule has 0 aliphatic rings. The van der Waals surface area contributed by atoms with Crippen LogP contribution in [0, 0.1) is 0 Å². The minimum absolute atomic E-state index is 0.0666. The molecular formula is C15H14BrN3O4S. The van der Waals surface area contributed by atoms with Crippen molar-refractivity contribution in [2.45, 2.75) is 11.6 Å². The lowest BCUT2D eigenvalue weighted by Crippen LogP contribution is -2.17. The summed E-state index contributed by atoms with van der Waals surface area (Å²) in [5, 5.41) is 3.01. The van der Waals surface area contributed by atoms with E-state index in [1.54, 1.807) is 12.1 Å². The van der Waals surface area contributed by atoms with Gasteiger partial charge in [0.1, 0.15) is 0 Å². The molecule has 1 amide bonds. The van der Waals surface area contributed by atoms with Crippen LogP contribution in [0.5, 0.6) is 0 Å². The molecule has 0 atom stereocenters. The van der Waals surface area contributed by atoms with Crippen LogP contribution >= 0.6 is 27.7 Å². The van der Waals surface area contributed by atoms with E-state index >= 15 is 0 Å². The van der Waals surface area contributed by atoms with Crippen molar-refractivity contribution >= 4 is 45.3 Å². The minimum atomic E-state index is -0.489. The number of esters is 1. The molecule has 0 aliphatic carbocycles. The Morgan fingerprint density at radius 2 is 2.17 bits per heavy atom. The molecule has 24 heavy (non-hydrogen) atoms. The Bertz CT molecular complexity index is 809. The summed E-state index contributed by atoms with van der Waals surface area (Å²) in [6.07, 6.45) is -0.0990. The summed E-state index contributed by atoms with van der Waals surface area (Å²) in [5.74, 6) is -0.660. The van der Waals surface area contributed by atoms with E-state index in [-0.39, 0.29) is 28.8 Å². The summed E-state index contributed by atoms with van der Waals surface area (Å²) < 4.78 is 5.40. The number of aromatic nitrogens is 2. The fourth-order valence-corrected chi connectivity index (χ4v) is 2.85. The molecule has 0 radical (unpaired) electrons. The second-order valence-corrected chi connectivity index (χ2v) is 6.52. The predicted molar refractivity (Wildman–Crippen MR) is 94.1 cm³/mol. The zero-order chi connectivity index (χ0) is 17.5. The maximum atomic E-state index is 11.9. The molecule has 0 spiro atoms. The number of nitrogens with one attached hydrogen (secondary N) is 2. The van der Waals surface area contributed by atoms with Gasteiger partial charge in [0.2, 0.25) is 5.91 Å². The third kappa shape index (κ3) is 5.82. The molecule has 2 N–H and O–H groups in total. The second kappa shape index (κ2) is 8.65. The fourth-order valence-electron chi connectivity index (χ4n) is 1.76. The summed E-state index contributed by atoms with van der Waals surface area (Å²) in [5.41, 5.74) is 0.565. The Labute approximate surface area is 150 Å². The van der Waals surface area contributed by atoms with Gasteiger partial charge < -0.3 is 15.0 Å². The maximum Gasteiger partial charge on any atom is 0.311 e. The van der Waals surface area contributed by atoms with Gasteiger partial charge in [0.15, 0.2) is 5.16 Å². The molecule has 1 aromatic carbocycles. The Hall–Kier alpha value is -2.13. The number of H-pyrrole nitrogens is 1. The number of benzene rings is 1. The smallest absolute Gasteiger partial charge is 0.311 e. The van der Waals surface area contributed by atoms with Gasteiger partial charge in [-0.3, -0.25) is 14.4 Å². The average Bonchev–Trinajstić information content (AvgIpc) is 2.52. The number of amides is 1. The van der Waals surface area contributed by atoms with Crippen molar-refractivity contribution < 1.29 is 14.3 Å². The van der Waals surface area contributed by atoms with Gasteiger partial charge in [-0.25, -0.2) is 4.98 Å². The third-order valence-electron chi connectivity index (χ3n) is 2.77. The number of ether oxygens (including phenoxy) is 1. The highest BCUT2D eigenvalue weighted by Gasteiger charge is 2.10. The standard InChI is InChI=1S/C15H14BrN3O4S/c1-23-14(22)7-11-6-12(20)19-15(18-11)24-8-13(21)17-10-4-2-3-9(16)5-10/h2-6H,7-8H2,1H3,(H,17,21)(H,18,19,20). The number of hydrogen-bond donors (Lipinski definition) is 2. The molecule has 0 saturated carbocycles. The number of methoxy groups -OCH3 is 1. The Balaban J connectivity index is 1.97. The first-order valence-corrected chi connectivity index (χ1v) is 8.59. The first-order valence-electron chi connectivity index (χ1n) is 6.81. The summed E-state index contributed by atoms with van der Waals surface area (Å²) in [6.45, 7) is 0. The lowest BCUT2D eigenvalue weighted by molar-refractivity contribution is -0.139. The Morgan fingerprint density at radius 1 is 1.38 bits per heavy atom. The minimum Gasteiger partial charge on any atom is -0.469 e. The molecule has 2 aromatic rings. The molecule has 0 saturated heterocycles. The van der Waals surface area contributed by atoms with Crippen molar-refractivity contribution in [2.75, 3.05) is 18.2 Å². The molecule has 9 heteroatoms. The molecule has 0 bridgehead atoms. The first kappa shape index (κ1) is 18.2. The molecule has 0 fully saturated rings. The number of halogens is 1. The van der Waals surface area contributed by atoms with Gasteiger partial charge in [-0.15, -0.1) is 0 Å². The molecule has 0 unspecified atom stereocenters. The first-order chi connectivity index (χ1) is 11.5. The lowest BCUT2D eigenvalue weighted by Gasteiger charge is -2.06. The maximum absolute atomic E-state index is 11.9. The van der Waals surface area contributed by atoms with Crippen molar-refractivity contribution in [1.82, 2.24) is 9.97 Å². The topological polar surface area (TPSA) is 101 Å². The zero-order valence-corrected chi connectivity index (χ0v) is 15.1. The van der Waals surface area contributed by atoms with Gasteiger partial charge >= 0.3 is 5.97 Å². The molecule has 126 valence electrons. The normalized spacial score (nSPS) is 10.2. The molecular weight excluding hydrogens is 398 g/mol. The van der Waals surface area contributed by atoms with Crippen molar-refractivity contribution in [2.24, 2.45) is 0 Å². The molecule has 2 rings (SSSR count). The van der Waals surface area contributed by atoms with E-state index < -0.39 is 5.97 Å². The van der Waals surface area contributed by atoms with Crippen LogP contribution in [0.3, 0.4) is 0 Å². The van der Waals surface area contributed by atoms with E-state index in [9.17, 15) is 14.4 Å². The molecule has 1 aromatic heterocycles. The van der Waals surface area contributed by atoms with Gasteiger partial charge in [-0.1, -0.05) is 33.8 Å². The average molecular weight is 412 g/mol. The zero-order valence-electron chi connectivity index (χ0n) is 12.7. The van der Waals surface area contributed by atoms with Crippen LogP contribution < -0.4 is 10.9 Å². The van der Waals surface area contributed by atoms with Crippen molar-refractivity contribution in [3.63, 3.8) is 0 Å². The van der Waals surface area contributed by atoms with Crippen LogP contribution in [0.1, 0.15) is 5.69 Å². The fraction of sp³-hybridized carbons (Fsp3) is 0.200. The summed E-state index contributed by atoms with van der Waals surface area (Å²) in [4.78, 5) is 41.4. The number of rotatable bonds is 6. The van der Waals surface area contributed by atoms with Gasteiger partial charge in [-0.2, -0.15) is 0 Å². The van der Waals surface area contributed by atoms with Crippen LogP contribution in [0.15, 0.2) is 44.8 Å². The van der Waals surface area contributed by atoms with Crippen LogP contribution in [0.25, 0.3) is 0 Å². The summed E-state index contributed by atoms with van der Waals surface area (Å²) in [6, 6.07) is 8.43. The number of carbonyl (C=O) groups excluding carboxylic acids is 2. The van der Waals surface area contributed by atoms with E-state index in [0.717, 1.165) is 16.2 Å². The highest BCUT2D eigenvalue weighted by molar-refractivity contribution is 9.10. The number of hydrogen-bond acceptors (Lipinski definition) is 6. The largest absolute Gasteiger partial charge is 0.469 e. The lowest BCUT2D eigenvalue weighted by atomic mass is 10.3. The molecule has 7 nitrogen and oxygen atoms in total. The number of nitrogens with zero attached hydrogens (tertiary/aromatic N) is 1. The summed E-state index contributed by atoms with van der Waals surface area (Å²) >= 11 is 4.40. The van der Waals surface area contributed by atoms with Gasteiger partial charge in [0.05, 0.1) is 25.0 Å². The Morgan fingerprint density at radius 3 is 2.88 bits per heavy atom. The Kier molecular flexibility index (Phi) is 6.56. The van der Waals surface area contributed by atoms with Crippen LogP contribution in [0.2, 0.25) is 0 Å². The van der Waals surface area contributed by atoms with E-state index in [1.807, 2.05) is 12.1 Å². The van der Waals surface area contributed by atoms with Crippen LogP contribution in [0.4, 0.5) is 5.69 Å². The quantitative estimate of drug-likeness (QED) is 0.428.